The molecule has 1 atom stereocenters. The average molecular weight is 277 g/mol. The van der Waals surface area contributed by atoms with Gasteiger partial charge in [0.1, 0.15) is 0 Å². The van der Waals surface area contributed by atoms with Gasteiger partial charge < -0.3 is 5.32 Å². The summed E-state index contributed by atoms with van der Waals surface area (Å²) < 4.78 is 0. The van der Waals surface area contributed by atoms with Crippen molar-refractivity contribution < 1.29 is 0 Å². The van der Waals surface area contributed by atoms with Gasteiger partial charge in [-0.25, -0.2) is 0 Å². The van der Waals surface area contributed by atoms with E-state index in [-0.39, 0.29) is 0 Å². The summed E-state index contributed by atoms with van der Waals surface area (Å²) in [6.45, 7) is 13.2. The molecule has 1 N–H and O–H groups in total. The minimum atomic E-state index is 0.617. The maximum absolute atomic E-state index is 4.40. The fraction of sp³-hybridized carbons (Fsp3) is 0.706. The summed E-state index contributed by atoms with van der Waals surface area (Å²) >= 11 is 0. The van der Waals surface area contributed by atoms with Crippen LogP contribution in [0, 0.1) is 5.92 Å². The minimum absolute atomic E-state index is 0.617. The van der Waals surface area contributed by atoms with Gasteiger partial charge in [-0.2, -0.15) is 0 Å². The highest BCUT2D eigenvalue weighted by Crippen LogP contribution is 2.06. The standard InChI is InChI=1S/C17H31N3/c1-5-20(14-17-8-6-7-11-19-17)13-12-18-16(4)10-9-15(2)3/h6-8,11,15-16,18H,5,9-10,12-14H2,1-4H3. The van der Waals surface area contributed by atoms with Crippen LogP contribution in [0.3, 0.4) is 0 Å². The number of rotatable bonds is 10. The molecular formula is C17H31N3. The molecule has 3 heteroatoms. The van der Waals surface area contributed by atoms with Crippen LogP contribution in [0.2, 0.25) is 0 Å². The van der Waals surface area contributed by atoms with Gasteiger partial charge >= 0.3 is 0 Å². The van der Waals surface area contributed by atoms with Gasteiger partial charge in [0.05, 0.1) is 5.69 Å². The Bertz CT molecular complexity index is 337. The number of aromatic nitrogens is 1. The first-order valence-electron chi connectivity index (χ1n) is 7.97. The fourth-order valence-electron chi connectivity index (χ4n) is 2.22. The molecule has 0 aliphatic heterocycles. The molecule has 1 unspecified atom stereocenters. The van der Waals surface area contributed by atoms with Crippen LogP contribution in [0.25, 0.3) is 0 Å². The van der Waals surface area contributed by atoms with Crippen LogP contribution in [0.4, 0.5) is 0 Å². The van der Waals surface area contributed by atoms with E-state index in [2.05, 4.69) is 55.0 Å². The van der Waals surface area contributed by atoms with Crippen LogP contribution in [0.15, 0.2) is 24.4 Å². The molecule has 1 aromatic heterocycles. The van der Waals surface area contributed by atoms with E-state index in [0.717, 1.165) is 37.8 Å². The molecule has 0 saturated carbocycles. The first-order chi connectivity index (χ1) is 9.61. The van der Waals surface area contributed by atoms with Crippen molar-refractivity contribution in [2.24, 2.45) is 5.92 Å². The Morgan fingerprint density at radius 3 is 2.60 bits per heavy atom. The van der Waals surface area contributed by atoms with Crippen molar-refractivity contribution in [1.82, 2.24) is 15.2 Å². The maximum Gasteiger partial charge on any atom is 0.0543 e. The van der Waals surface area contributed by atoms with E-state index in [1.165, 1.54) is 12.8 Å². The number of likely N-dealkylation sites (N-methyl/N-ethyl adjacent to an activating group) is 1. The van der Waals surface area contributed by atoms with E-state index >= 15 is 0 Å². The molecule has 0 radical (unpaired) electrons. The Labute approximate surface area is 124 Å². The summed E-state index contributed by atoms with van der Waals surface area (Å²) in [6, 6.07) is 6.74. The largest absolute Gasteiger partial charge is 0.313 e. The van der Waals surface area contributed by atoms with Gasteiger partial charge in [-0.05, 0) is 44.4 Å². The quantitative estimate of drug-likeness (QED) is 0.711. The van der Waals surface area contributed by atoms with E-state index in [1.54, 1.807) is 0 Å². The second kappa shape index (κ2) is 9.89. The summed E-state index contributed by atoms with van der Waals surface area (Å²) in [7, 11) is 0. The van der Waals surface area contributed by atoms with Gasteiger partial charge in [0.2, 0.25) is 0 Å². The molecule has 0 amide bonds. The lowest BCUT2D eigenvalue weighted by molar-refractivity contribution is 0.270. The minimum Gasteiger partial charge on any atom is -0.313 e. The molecule has 0 aromatic carbocycles. The summed E-state index contributed by atoms with van der Waals surface area (Å²) in [5.41, 5.74) is 1.15. The van der Waals surface area contributed by atoms with Crippen molar-refractivity contribution in [1.29, 1.82) is 0 Å². The van der Waals surface area contributed by atoms with Gasteiger partial charge in [-0.1, -0.05) is 26.8 Å². The van der Waals surface area contributed by atoms with Crippen molar-refractivity contribution in [3.8, 4) is 0 Å². The zero-order valence-electron chi connectivity index (χ0n) is 13.6. The molecule has 0 fully saturated rings. The highest BCUT2D eigenvalue weighted by atomic mass is 15.1. The Morgan fingerprint density at radius 2 is 2.00 bits per heavy atom. The van der Waals surface area contributed by atoms with Crippen LogP contribution < -0.4 is 5.32 Å². The normalized spacial score (nSPS) is 13.1. The van der Waals surface area contributed by atoms with Crippen molar-refractivity contribution in [3.63, 3.8) is 0 Å². The predicted molar refractivity (Wildman–Crippen MR) is 86.7 cm³/mol. The molecule has 20 heavy (non-hydrogen) atoms. The van der Waals surface area contributed by atoms with Gasteiger partial charge in [0.25, 0.3) is 0 Å². The van der Waals surface area contributed by atoms with Gasteiger partial charge in [0.15, 0.2) is 0 Å². The zero-order chi connectivity index (χ0) is 14.8. The second-order valence-corrected chi connectivity index (χ2v) is 6.02. The van der Waals surface area contributed by atoms with Crippen molar-refractivity contribution in [2.45, 2.75) is 53.1 Å². The zero-order valence-corrected chi connectivity index (χ0v) is 13.6. The Balaban J connectivity index is 2.21. The van der Waals surface area contributed by atoms with Crippen LogP contribution in [-0.4, -0.2) is 35.6 Å². The Hall–Kier alpha value is -0.930. The van der Waals surface area contributed by atoms with Crippen LogP contribution in [-0.2, 0) is 6.54 Å². The summed E-state index contributed by atoms with van der Waals surface area (Å²) in [5.74, 6) is 0.801. The Kier molecular flexibility index (Phi) is 8.47. The molecule has 1 rings (SSSR count). The Morgan fingerprint density at radius 1 is 1.20 bits per heavy atom. The highest BCUT2D eigenvalue weighted by molar-refractivity contribution is 5.03. The van der Waals surface area contributed by atoms with Crippen LogP contribution in [0.1, 0.15) is 46.2 Å². The smallest absolute Gasteiger partial charge is 0.0543 e. The van der Waals surface area contributed by atoms with Gasteiger partial charge in [0, 0.05) is 31.9 Å². The van der Waals surface area contributed by atoms with E-state index in [9.17, 15) is 0 Å². The van der Waals surface area contributed by atoms with E-state index in [0.29, 0.717) is 6.04 Å². The number of pyridine rings is 1. The monoisotopic (exact) mass is 277 g/mol. The van der Waals surface area contributed by atoms with Gasteiger partial charge in [-0.15, -0.1) is 0 Å². The maximum atomic E-state index is 4.40. The summed E-state index contributed by atoms with van der Waals surface area (Å²) in [5, 5.41) is 3.63. The fourth-order valence-corrected chi connectivity index (χ4v) is 2.22. The van der Waals surface area contributed by atoms with Crippen LogP contribution in [0.5, 0.6) is 0 Å². The molecule has 0 aliphatic rings. The third kappa shape index (κ3) is 7.61. The van der Waals surface area contributed by atoms with Gasteiger partial charge in [-0.3, -0.25) is 9.88 Å². The molecule has 1 heterocycles. The molecule has 0 bridgehead atoms. The van der Waals surface area contributed by atoms with Crippen molar-refractivity contribution >= 4 is 0 Å². The molecule has 0 spiro atoms. The lowest BCUT2D eigenvalue weighted by Gasteiger charge is -2.22. The number of nitrogens with one attached hydrogen (secondary N) is 1. The lowest BCUT2D eigenvalue weighted by atomic mass is 10.0. The molecular weight excluding hydrogens is 246 g/mol. The van der Waals surface area contributed by atoms with Crippen LogP contribution >= 0.6 is 0 Å². The summed E-state index contributed by atoms with van der Waals surface area (Å²) in [4.78, 5) is 6.83. The van der Waals surface area contributed by atoms with E-state index < -0.39 is 0 Å². The molecule has 0 saturated heterocycles. The van der Waals surface area contributed by atoms with E-state index in [1.807, 2.05) is 12.3 Å². The molecule has 1 aromatic rings. The predicted octanol–water partition coefficient (Wildman–Crippen LogP) is 3.32. The number of hydrogen-bond acceptors (Lipinski definition) is 3. The third-order valence-corrected chi connectivity index (χ3v) is 3.66. The lowest BCUT2D eigenvalue weighted by Crippen LogP contribution is -2.36. The van der Waals surface area contributed by atoms with Crippen molar-refractivity contribution in [3.05, 3.63) is 30.1 Å². The van der Waals surface area contributed by atoms with Crippen molar-refractivity contribution in [2.75, 3.05) is 19.6 Å². The molecule has 0 aliphatic carbocycles. The number of nitrogens with zero attached hydrogens (tertiary/aromatic N) is 2. The molecule has 3 nitrogen and oxygen atoms in total. The average Bonchev–Trinajstić information content (AvgIpc) is 2.45. The SMILES string of the molecule is CCN(CCNC(C)CCC(C)C)Cc1ccccn1. The topological polar surface area (TPSA) is 28.2 Å². The number of hydrogen-bond donors (Lipinski definition) is 1. The first-order valence-corrected chi connectivity index (χ1v) is 7.97. The first kappa shape index (κ1) is 17.1. The molecule has 114 valence electrons. The third-order valence-electron chi connectivity index (χ3n) is 3.66. The summed E-state index contributed by atoms with van der Waals surface area (Å²) in [6.07, 6.45) is 4.44. The van der Waals surface area contributed by atoms with E-state index in [4.69, 9.17) is 0 Å². The highest BCUT2D eigenvalue weighted by Gasteiger charge is 2.06. The second-order valence-electron chi connectivity index (χ2n) is 6.02.